The summed E-state index contributed by atoms with van der Waals surface area (Å²) in [6.45, 7) is 4.28. The molecule has 1 aromatic carbocycles. The number of hydrogen-bond donors (Lipinski definition) is 2. The Labute approximate surface area is 142 Å². The summed E-state index contributed by atoms with van der Waals surface area (Å²) in [5, 5.41) is 5.40. The van der Waals surface area contributed by atoms with Crippen molar-refractivity contribution in [3.05, 3.63) is 35.9 Å². The van der Waals surface area contributed by atoms with Crippen LogP contribution in [-0.4, -0.2) is 41.9 Å². The van der Waals surface area contributed by atoms with Crippen LogP contribution in [-0.2, 0) is 16.0 Å². The van der Waals surface area contributed by atoms with Crippen molar-refractivity contribution < 1.29 is 14.4 Å². The molecule has 0 aromatic heterocycles. The molecule has 0 spiro atoms. The highest BCUT2D eigenvalue weighted by molar-refractivity contribution is 6.06. The molecule has 0 bridgehead atoms. The van der Waals surface area contributed by atoms with E-state index in [-0.39, 0.29) is 18.4 Å². The minimum Gasteiger partial charge on any atom is -0.355 e. The quantitative estimate of drug-likeness (QED) is 0.562. The first kappa shape index (κ1) is 18.0. The second-order valence-corrected chi connectivity index (χ2v) is 6.50. The fourth-order valence-corrected chi connectivity index (χ4v) is 2.72. The van der Waals surface area contributed by atoms with Crippen LogP contribution in [0.2, 0.25) is 0 Å². The molecule has 2 N–H and O–H groups in total. The van der Waals surface area contributed by atoms with E-state index in [0.29, 0.717) is 18.9 Å². The average Bonchev–Trinajstić information content (AvgIpc) is 2.79. The molecule has 1 saturated heterocycles. The number of carbonyl (C=O) groups is 3. The predicted octanol–water partition coefficient (Wildman–Crippen LogP) is 1.70. The van der Waals surface area contributed by atoms with Gasteiger partial charge in [-0.1, -0.05) is 44.2 Å². The van der Waals surface area contributed by atoms with Crippen molar-refractivity contribution in [3.63, 3.8) is 0 Å². The molecular formula is C18H25N3O3. The first-order valence-electron chi connectivity index (χ1n) is 8.40. The maximum atomic E-state index is 12.2. The van der Waals surface area contributed by atoms with E-state index in [2.05, 4.69) is 10.6 Å². The van der Waals surface area contributed by atoms with Crippen molar-refractivity contribution in [1.29, 1.82) is 0 Å². The van der Waals surface area contributed by atoms with Gasteiger partial charge in [0.1, 0.15) is 12.6 Å². The zero-order valence-corrected chi connectivity index (χ0v) is 14.2. The predicted molar refractivity (Wildman–Crippen MR) is 91.3 cm³/mol. The number of benzene rings is 1. The number of imide groups is 1. The van der Waals surface area contributed by atoms with E-state index in [1.54, 1.807) is 0 Å². The second kappa shape index (κ2) is 8.47. The Balaban J connectivity index is 1.72. The smallest absolute Gasteiger partial charge is 0.325 e. The molecule has 24 heavy (non-hydrogen) atoms. The summed E-state index contributed by atoms with van der Waals surface area (Å²) in [7, 11) is 0. The van der Waals surface area contributed by atoms with E-state index in [9.17, 15) is 14.4 Å². The lowest BCUT2D eigenvalue weighted by Crippen LogP contribution is -2.41. The fourth-order valence-electron chi connectivity index (χ4n) is 2.72. The van der Waals surface area contributed by atoms with Crippen molar-refractivity contribution in [1.82, 2.24) is 15.5 Å². The summed E-state index contributed by atoms with van der Waals surface area (Å²) >= 11 is 0. The van der Waals surface area contributed by atoms with E-state index < -0.39 is 12.1 Å². The van der Waals surface area contributed by atoms with Gasteiger partial charge in [-0.05, 0) is 30.7 Å². The second-order valence-electron chi connectivity index (χ2n) is 6.50. The van der Waals surface area contributed by atoms with E-state index in [1.165, 1.54) is 5.56 Å². The third kappa shape index (κ3) is 5.08. The van der Waals surface area contributed by atoms with Gasteiger partial charge in [0.05, 0.1) is 0 Å². The van der Waals surface area contributed by atoms with Gasteiger partial charge in [-0.3, -0.25) is 14.5 Å². The van der Waals surface area contributed by atoms with Gasteiger partial charge in [0.25, 0.3) is 5.91 Å². The molecule has 1 aliphatic heterocycles. The highest BCUT2D eigenvalue weighted by Crippen LogP contribution is 2.13. The Kier molecular flexibility index (Phi) is 6.35. The topological polar surface area (TPSA) is 78.5 Å². The maximum absolute atomic E-state index is 12.2. The molecule has 0 radical (unpaired) electrons. The number of carbonyl (C=O) groups excluding carboxylic acids is 3. The van der Waals surface area contributed by atoms with Crippen LogP contribution in [0.15, 0.2) is 30.3 Å². The van der Waals surface area contributed by atoms with E-state index in [4.69, 9.17) is 0 Å². The van der Waals surface area contributed by atoms with Gasteiger partial charge in [0.15, 0.2) is 0 Å². The van der Waals surface area contributed by atoms with E-state index in [0.717, 1.165) is 17.7 Å². The van der Waals surface area contributed by atoms with E-state index >= 15 is 0 Å². The Morgan fingerprint density at radius 3 is 2.62 bits per heavy atom. The van der Waals surface area contributed by atoms with Crippen LogP contribution in [0, 0.1) is 5.92 Å². The normalized spacial score (nSPS) is 17.3. The summed E-state index contributed by atoms with van der Waals surface area (Å²) in [5.74, 6) is -0.323. The molecule has 1 aromatic rings. The minimum atomic E-state index is -0.511. The molecule has 6 heteroatoms. The molecule has 130 valence electrons. The molecule has 2 rings (SSSR count). The van der Waals surface area contributed by atoms with Gasteiger partial charge in [0.2, 0.25) is 5.91 Å². The van der Waals surface area contributed by atoms with Crippen LogP contribution in [0.4, 0.5) is 4.79 Å². The number of nitrogens with one attached hydrogen (secondary N) is 2. The Morgan fingerprint density at radius 2 is 1.96 bits per heavy atom. The van der Waals surface area contributed by atoms with Crippen molar-refractivity contribution in [3.8, 4) is 0 Å². The lowest BCUT2D eigenvalue weighted by molar-refractivity contribution is -0.132. The van der Waals surface area contributed by atoms with Crippen molar-refractivity contribution in [2.24, 2.45) is 5.92 Å². The van der Waals surface area contributed by atoms with Crippen molar-refractivity contribution >= 4 is 17.8 Å². The number of amides is 4. The summed E-state index contributed by atoms with van der Waals surface area (Å²) in [4.78, 5) is 37.0. The van der Waals surface area contributed by atoms with Gasteiger partial charge in [-0.25, -0.2) is 4.79 Å². The molecular weight excluding hydrogens is 306 g/mol. The number of rotatable bonds is 8. The van der Waals surface area contributed by atoms with Crippen LogP contribution >= 0.6 is 0 Å². The first-order chi connectivity index (χ1) is 11.5. The Morgan fingerprint density at radius 1 is 1.25 bits per heavy atom. The van der Waals surface area contributed by atoms with E-state index in [1.807, 2.05) is 44.2 Å². The van der Waals surface area contributed by atoms with Gasteiger partial charge in [0, 0.05) is 6.54 Å². The number of hydrogen-bond acceptors (Lipinski definition) is 3. The lowest BCUT2D eigenvalue weighted by atomic mass is 10.0. The average molecular weight is 331 g/mol. The molecule has 6 nitrogen and oxygen atoms in total. The summed E-state index contributed by atoms with van der Waals surface area (Å²) < 4.78 is 0. The molecule has 1 heterocycles. The Bertz CT molecular complexity index is 586. The Hall–Kier alpha value is -2.37. The summed E-state index contributed by atoms with van der Waals surface area (Å²) in [6, 6.07) is 9.04. The zero-order chi connectivity index (χ0) is 17.5. The monoisotopic (exact) mass is 331 g/mol. The van der Waals surface area contributed by atoms with Crippen LogP contribution in [0.1, 0.15) is 32.3 Å². The van der Waals surface area contributed by atoms with Crippen LogP contribution < -0.4 is 10.6 Å². The largest absolute Gasteiger partial charge is 0.355 e. The molecule has 1 aliphatic rings. The van der Waals surface area contributed by atoms with Gasteiger partial charge >= 0.3 is 6.03 Å². The summed E-state index contributed by atoms with van der Waals surface area (Å²) in [5.41, 5.74) is 1.22. The zero-order valence-electron chi connectivity index (χ0n) is 14.2. The summed E-state index contributed by atoms with van der Waals surface area (Å²) in [6.07, 6.45) is 2.27. The third-order valence-electron chi connectivity index (χ3n) is 3.92. The number of nitrogens with zero attached hydrogens (tertiary/aromatic N) is 1. The molecule has 1 atom stereocenters. The third-order valence-corrected chi connectivity index (χ3v) is 3.92. The lowest BCUT2D eigenvalue weighted by Gasteiger charge is -2.13. The number of aryl methyl sites for hydroxylation is 1. The van der Waals surface area contributed by atoms with Gasteiger partial charge < -0.3 is 10.6 Å². The highest BCUT2D eigenvalue weighted by atomic mass is 16.2. The number of urea groups is 1. The minimum absolute atomic E-state index is 0.218. The van der Waals surface area contributed by atoms with Crippen molar-refractivity contribution in [2.75, 3.05) is 13.1 Å². The first-order valence-corrected chi connectivity index (χ1v) is 8.40. The van der Waals surface area contributed by atoms with Crippen LogP contribution in [0.25, 0.3) is 0 Å². The van der Waals surface area contributed by atoms with Crippen molar-refractivity contribution in [2.45, 2.75) is 39.2 Å². The highest BCUT2D eigenvalue weighted by Gasteiger charge is 2.38. The maximum Gasteiger partial charge on any atom is 0.325 e. The molecule has 0 aliphatic carbocycles. The SMILES string of the molecule is CC(C)CC1NC(=O)N(CC(=O)NCCCc2ccccc2)C1=O. The van der Waals surface area contributed by atoms with Crippen LogP contribution in [0.3, 0.4) is 0 Å². The molecule has 1 unspecified atom stereocenters. The molecule has 4 amide bonds. The molecule has 0 saturated carbocycles. The fraction of sp³-hybridized carbons (Fsp3) is 0.500. The molecule has 1 fully saturated rings. The van der Waals surface area contributed by atoms with Gasteiger partial charge in [-0.2, -0.15) is 0 Å². The standard InChI is InChI=1S/C18H25N3O3/c1-13(2)11-15-17(23)21(18(24)20-15)12-16(22)19-10-6-9-14-7-4-3-5-8-14/h3-5,7-8,13,15H,6,9-12H2,1-2H3,(H,19,22)(H,20,24). The van der Waals surface area contributed by atoms with Crippen LogP contribution in [0.5, 0.6) is 0 Å². The van der Waals surface area contributed by atoms with Gasteiger partial charge in [-0.15, -0.1) is 0 Å².